The number of aryl methyl sites for hydroxylation is 1. The van der Waals surface area contributed by atoms with Crippen LogP contribution in [0.2, 0.25) is 0 Å². The molecular weight excluding hydrogens is 204 g/mol. The molecule has 0 saturated carbocycles. The van der Waals surface area contributed by atoms with Gasteiger partial charge in [0.05, 0.1) is 0 Å². The van der Waals surface area contributed by atoms with Gasteiger partial charge >= 0.3 is 9.28 Å². The predicted molar refractivity (Wildman–Crippen MR) is 65.3 cm³/mol. The molecule has 0 amide bonds. The van der Waals surface area contributed by atoms with Crippen molar-refractivity contribution in [2.45, 2.75) is 26.8 Å². The highest BCUT2D eigenvalue weighted by atomic mass is 28.3. The van der Waals surface area contributed by atoms with E-state index >= 15 is 0 Å². The standard InChI is InChI=1S/C12H20O2Si/c1-4-13-15(14-5-2)10-12-8-6-11(3)7-9-12/h6-9,15H,4-5,10H2,1-3H3. The molecule has 0 heterocycles. The second-order valence-corrected chi connectivity index (χ2v) is 5.46. The summed E-state index contributed by atoms with van der Waals surface area (Å²) in [5.41, 5.74) is 2.61. The SMILES string of the molecule is CCO[SiH](Cc1ccc(C)cc1)OCC. The lowest BCUT2D eigenvalue weighted by atomic mass is 10.2. The quantitative estimate of drug-likeness (QED) is 0.691. The van der Waals surface area contributed by atoms with Gasteiger partial charge in [0.25, 0.3) is 0 Å². The molecule has 15 heavy (non-hydrogen) atoms. The first-order valence-corrected chi connectivity index (χ1v) is 7.31. The van der Waals surface area contributed by atoms with Crippen LogP contribution in [0.5, 0.6) is 0 Å². The van der Waals surface area contributed by atoms with Crippen LogP contribution < -0.4 is 0 Å². The van der Waals surface area contributed by atoms with E-state index in [1.165, 1.54) is 11.1 Å². The molecule has 1 aromatic rings. The van der Waals surface area contributed by atoms with Crippen molar-refractivity contribution in [3.8, 4) is 0 Å². The molecule has 0 aliphatic carbocycles. The molecule has 1 aromatic carbocycles. The Morgan fingerprint density at radius 2 is 1.53 bits per heavy atom. The van der Waals surface area contributed by atoms with Crippen molar-refractivity contribution in [3.63, 3.8) is 0 Å². The Balaban J connectivity index is 2.53. The van der Waals surface area contributed by atoms with Gasteiger partial charge in [0.2, 0.25) is 0 Å². The van der Waals surface area contributed by atoms with Gasteiger partial charge in [0.15, 0.2) is 0 Å². The van der Waals surface area contributed by atoms with E-state index in [2.05, 4.69) is 31.2 Å². The molecule has 1 rings (SSSR count). The smallest absolute Gasteiger partial charge is 0.325 e. The molecule has 0 aliphatic rings. The van der Waals surface area contributed by atoms with E-state index < -0.39 is 9.28 Å². The van der Waals surface area contributed by atoms with E-state index in [0.717, 1.165) is 19.3 Å². The summed E-state index contributed by atoms with van der Waals surface area (Å²) in [5, 5.41) is 0. The van der Waals surface area contributed by atoms with Gasteiger partial charge in [-0.1, -0.05) is 29.8 Å². The number of hydrogen-bond acceptors (Lipinski definition) is 2. The Kier molecular flexibility index (Phi) is 5.61. The largest absolute Gasteiger partial charge is 0.397 e. The summed E-state index contributed by atoms with van der Waals surface area (Å²) < 4.78 is 11.3. The van der Waals surface area contributed by atoms with Gasteiger partial charge in [-0.25, -0.2) is 0 Å². The van der Waals surface area contributed by atoms with Gasteiger partial charge in [-0.15, -0.1) is 0 Å². The van der Waals surface area contributed by atoms with Crippen LogP contribution in [0, 0.1) is 6.92 Å². The van der Waals surface area contributed by atoms with E-state index in [0.29, 0.717) is 0 Å². The second-order valence-electron chi connectivity index (χ2n) is 3.53. The summed E-state index contributed by atoms with van der Waals surface area (Å²) in [6, 6.07) is 9.56. The summed E-state index contributed by atoms with van der Waals surface area (Å²) in [6.07, 6.45) is 0. The lowest BCUT2D eigenvalue weighted by molar-refractivity contribution is 0.213. The van der Waals surface area contributed by atoms with Crippen LogP contribution in [0.25, 0.3) is 0 Å². The topological polar surface area (TPSA) is 18.5 Å². The molecular formula is C12H20O2Si. The van der Waals surface area contributed by atoms with Crippen LogP contribution in [0.3, 0.4) is 0 Å². The van der Waals surface area contributed by atoms with E-state index in [-0.39, 0.29) is 0 Å². The van der Waals surface area contributed by atoms with Gasteiger partial charge in [-0.3, -0.25) is 0 Å². The highest BCUT2D eigenvalue weighted by molar-refractivity contribution is 6.43. The zero-order valence-electron chi connectivity index (χ0n) is 9.82. The molecule has 0 atom stereocenters. The normalized spacial score (nSPS) is 10.9. The van der Waals surface area contributed by atoms with Crippen molar-refractivity contribution < 1.29 is 8.85 Å². The zero-order valence-corrected chi connectivity index (χ0v) is 11.0. The van der Waals surface area contributed by atoms with Gasteiger partial charge in [-0.05, 0) is 26.3 Å². The molecule has 2 nitrogen and oxygen atoms in total. The molecule has 0 aromatic heterocycles. The van der Waals surface area contributed by atoms with E-state index in [1.54, 1.807) is 0 Å². The van der Waals surface area contributed by atoms with Crippen LogP contribution in [-0.2, 0) is 14.9 Å². The molecule has 0 spiro atoms. The fourth-order valence-corrected chi connectivity index (χ4v) is 3.19. The molecule has 0 saturated heterocycles. The van der Waals surface area contributed by atoms with Crippen molar-refractivity contribution in [2.75, 3.05) is 13.2 Å². The third-order valence-corrected chi connectivity index (χ3v) is 4.44. The van der Waals surface area contributed by atoms with Crippen LogP contribution in [0.1, 0.15) is 25.0 Å². The lowest BCUT2D eigenvalue weighted by Gasteiger charge is -2.14. The molecule has 0 fully saturated rings. The van der Waals surface area contributed by atoms with Gasteiger partial charge in [0.1, 0.15) is 0 Å². The van der Waals surface area contributed by atoms with Crippen LogP contribution in [0.4, 0.5) is 0 Å². The van der Waals surface area contributed by atoms with Crippen molar-refractivity contribution in [1.29, 1.82) is 0 Å². The third-order valence-electron chi connectivity index (χ3n) is 2.23. The Morgan fingerprint density at radius 3 is 2.00 bits per heavy atom. The Bertz CT molecular complexity index is 265. The van der Waals surface area contributed by atoms with E-state index in [1.807, 2.05) is 13.8 Å². The van der Waals surface area contributed by atoms with Crippen LogP contribution >= 0.6 is 0 Å². The van der Waals surface area contributed by atoms with Crippen molar-refractivity contribution >= 4 is 9.28 Å². The first-order chi connectivity index (χ1) is 7.26. The fraction of sp³-hybridized carbons (Fsp3) is 0.500. The van der Waals surface area contributed by atoms with Gasteiger partial charge in [-0.2, -0.15) is 0 Å². The fourth-order valence-electron chi connectivity index (χ4n) is 1.45. The Morgan fingerprint density at radius 1 is 1.00 bits per heavy atom. The third kappa shape index (κ3) is 4.60. The number of hydrogen-bond donors (Lipinski definition) is 0. The van der Waals surface area contributed by atoms with Crippen LogP contribution in [0.15, 0.2) is 24.3 Å². The van der Waals surface area contributed by atoms with E-state index in [4.69, 9.17) is 8.85 Å². The van der Waals surface area contributed by atoms with Gasteiger partial charge in [0, 0.05) is 19.3 Å². The highest BCUT2D eigenvalue weighted by Crippen LogP contribution is 2.07. The summed E-state index contributed by atoms with van der Waals surface area (Å²) in [4.78, 5) is 0. The maximum atomic E-state index is 5.63. The van der Waals surface area contributed by atoms with E-state index in [9.17, 15) is 0 Å². The maximum absolute atomic E-state index is 5.63. The molecule has 0 aliphatic heterocycles. The average molecular weight is 224 g/mol. The Hall–Kier alpha value is -0.643. The Labute approximate surface area is 94.1 Å². The van der Waals surface area contributed by atoms with Crippen molar-refractivity contribution in [3.05, 3.63) is 35.4 Å². The lowest BCUT2D eigenvalue weighted by Crippen LogP contribution is -2.26. The first-order valence-electron chi connectivity index (χ1n) is 5.55. The summed E-state index contributed by atoms with van der Waals surface area (Å²) >= 11 is 0. The molecule has 0 unspecified atom stereocenters. The second kappa shape index (κ2) is 6.77. The highest BCUT2D eigenvalue weighted by Gasteiger charge is 2.12. The van der Waals surface area contributed by atoms with Crippen molar-refractivity contribution in [1.82, 2.24) is 0 Å². The summed E-state index contributed by atoms with van der Waals surface area (Å²) in [6.45, 7) is 7.65. The molecule has 0 N–H and O–H groups in total. The maximum Gasteiger partial charge on any atom is 0.325 e. The minimum Gasteiger partial charge on any atom is -0.397 e. The summed E-state index contributed by atoms with van der Waals surface area (Å²) in [7, 11) is -1.48. The monoisotopic (exact) mass is 224 g/mol. The number of rotatable bonds is 6. The first kappa shape index (κ1) is 12.4. The predicted octanol–water partition coefficient (Wildman–Crippen LogP) is 2.37. The average Bonchev–Trinajstić information content (AvgIpc) is 2.22. The van der Waals surface area contributed by atoms with Gasteiger partial charge < -0.3 is 8.85 Å². The molecule has 0 bridgehead atoms. The van der Waals surface area contributed by atoms with Crippen LogP contribution in [-0.4, -0.2) is 22.5 Å². The van der Waals surface area contributed by atoms with Crippen molar-refractivity contribution in [2.24, 2.45) is 0 Å². The molecule has 0 radical (unpaired) electrons. The minimum absolute atomic E-state index is 0.753. The molecule has 3 heteroatoms. The zero-order chi connectivity index (χ0) is 11.1. The summed E-state index contributed by atoms with van der Waals surface area (Å²) in [5.74, 6) is 0. The number of benzene rings is 1. The molecule has 84 valence electrons. The minimum atomic E-state index is -1.48.